The number of amides is 1. The average molecular weight is 251 g/mol. The van der Waals surface area contributed by atoms with Crippen molar-refractivity contribution in [3.63, 3.8) is 0 Å². The Morgan fingerprint density at radius 1 is 1.39 bits per heavy atom. The van der Waals surface area contributed by atoms with Gasteiger partial charge in [-0.3, -0.25) is 4.79 Å². The molecule has 1 aliphatic heterocycles. The Bertz CT molecular complexity index is 479. The molecule has 2 rings (SSSR count). The molecule has 6 nitrogen and oxygen atoms in total. The number of ether oxygens (including phenoxy) is 1. The van der Waals surface area contributed by atoms with Crippen molar-refractivity contribution in [2.75, 3.05) is 11.9 Å². The van der Waals surface area contributed by atoms with E-state index < -0.39 is 12.1 Å². The molecule has 1 amide bonds. The topological polar surface area (TPSA) is 95.9 Å². The fourth-order valence-electron chi connectivity index (χ4n) is 1.82. The van der Waals surface area contributed by atoms with Crippen molar-refractivity contribution in [2.24, 2.45) is 0 Å². The minimum absolute atomic E-state index is 0.152. The predicted octanol–water partition coefficient (Wildman–Crippen LogP) is 1.21. The summed E-state index contributed by atoms with van der Waals surface area (Å²) in [6.07, 6.45) is 0.923. The number of anilines is 1. The summed E-state index contributed by atoms with van der Waals surface area (Å²) in [5, 5.41) is 20.7. The van der Waals surface area contributed by atoms with Gasteiger partial charge in [0.15, 0.2) is 0 Å². The minimum Gasteiger partial charge on any atom is -0.508 e. The summed E-state index contributed by atoms with van der Waals surface area (Å²) in [5.41, 5.74) is 0.00199. The molecule has 1 aliphatic rings. The summed E-state index contributed by atoms with van der Waals surface area (Å²) in [6.45, 7) is 0.541. The lowest BCUT2D eigenvalue weighted by Gasteiger charge is -2.12. The maximum Gasteiger partial charge on any atom is 0.337 e. The van der Waals surface area contributed by atoms with E-state index in [1.165, 1.54) is 12.1 Å². The summed E-state index contributed by atoms with van der Waals surface area (Å²) in [5.74, 6) is -1.74. The largest absolute Gasteiger partial charge is 0.508 e. The van der Waals surface area contributed by atoms with Crippen LogP contribution in [-0.2, 0) is 9.53 Å². The summed E-state index contributed by atoms with van der Waals surface area (Å²) in [7, 11) is 0. The van der Waals surface area contributed by atoms with Crippen LogP contribution in [0.25, 0.3) is 0 Å². The normalized spacial score (nSPS) is 18.6. The number of phenols is 1. The van der Waals surface area contributed by atoms with Gasteiger partial charge in [0.2, 0.25) is 0 Å². The Morgan fingerprint density at radius 2 is 2.17 bits per heavy atom. The van der Waals surface area contributed by atoms with Crippen LogP contribution in [0, 0.1) is 0 Å². The lowest BCUT2D eigenvalue weighted by molar-refractivity contribution is -0.124. The molecular weight excluding hydrogens is 238 g/mol. The van der Waals surface area contributed by atoms with E-state index in [4.69, 9.17) is 9.84 Å². The van der Waals surface area contributed by atoms with Crippen molar-refractivity contribution in [3.8, 4) is 5.75 Å². The lowest BCUT2D eigenvalue weighted by atomic mass is 10.1. The van der Waals surface area contributed by atoms with Gasteiger partial charge in [-0.15, -0.1) is 0 Å². The molecule has 0 bridgehead atoms. The summed E-state index contributed by atoms with van der Waals surface area (Å²) in [4.78, 5) is 22.8. The molecule has 1 heterocycles. The molecule has 1 aromatic rings. The molecule has 1 aromatic carbocycles. The number of hydrogen-bond acceptors (Lipinski definition) is 4. The fourth-order valence-corrected chi connectivity index (χ4v) is 1.82. The van der Waals surface area contributed by atoms with E-state index in [9.17, 15) is 14.7 Å². The monoisotopic (exact) mass is 251 g/mol. The Kier molecular flexibility index (Phi) is 3.47. The Balaban J connectivity index is 2.17. The van der Waals surface area contributed by atoms with Crippen LogP contribution in [0.2, 0.25) is 0 Å². The third-order valence-corrected chi connectivity index (χ3v) is 2.71. The van der Waals surface area contributed by atoms with E-state index in [0.717, 1.165) is 12.5 Å². The number of nitrogens with one attached hydrogen (secondary N) is 1. The van der Waals surface area contributed by atoms with Crippen LogP contribution >= 0.6 is 0 Å². The lowest BCUT2D eigenvalue weighted by Crippen LogP contribution is -2.27. The Morgan fingerprint density at radius 3 is 2.78 bits per heavy atom. The second-order valence-electron chi connectivity index (χ2n) is 4.03. The van der Waals surface area contributed by atoms with E-state index >= 15 is 0 Å². The maximum atomic E-state index is 11.8. The van der Waals surface area contributed by atoms with Gasteiger partial charge in [0.1, 0.15) is 11.9 Å². The van der Waals surface area contributed by atoms with Gasteiger partial charge in [0.05, 0.1) is 11.3 Å². The molecule has 0 spiro atoms. The number of rotatable bonds is 3. The third kappa shape index (κ3) is 2.60. The second kappa shape index (κ2) is 5.05. The highest BCUT2D eigenvalue weighted by molar-refractivity contribution is 6.02. The number of carbonyl (C=O) groups excluding carboxylic acids is 1. The zero-order valence-electron chi connectivity index (χ0n) is 9.55. The van der Waals surface area contributed by atoms with Crippen molar-refractivity contribution in [1.82, 2.24) is 0 Å². The first-order valence-corrected chi connectivity index (χ1v) is 5.56. The SMILES string of the molecule is O=C(O)c1cc(O)ccc1NC(=O)[C@@H]1CCCO1. The van der Waals surface area contributed by atoms with Gasteiger partial charge < -0.3 is 20.3 Å². The highest BCUT2D eigenvalue weighted by atomic mass is 16.5. The molecule has 18 heavy (non-hydrogen) atoms. The summed E-state index contributed by atoms with van der Waals surface area (Å²) < 4.78 is 5.20. The zero-order chi connectivity index (χ0) is 13.1. The standard InChI is InChI=1S/C12H13NO5/c14-7-3-4-9(8(6-7)12(16)17)13-11(15)10-2-1-5-18-10/h3-4,6,10,14H,1-2,5H2,(H,13,15)(H,16,17)/t10-/m0/s1. The molecule has 3 N–H and O–H groups in total. The van der Waals surface area contributed by atoms with E-state index in [2.05, 4.69) is 5.32 Å². The quantitative estimate of drug-likeness (QED) is 0.702. The fraction of sp³-hybridized carbons (Fsp3) is 0.333. The molecule has 1 saturated heterocycles. The maximum absolute atomic E-state index is 11.8. The molecule has 1 fully saturated rings. The van der Waals surface area contributed by atoms with Gasteiger partial charge in [-0.25, -0.2) is 4.79 Å². The molecule has 0 aromatic heterocycles. The molecule has 0 unspecified atom stereocenters. The van der Waals surface area contributed by atoms with Gasteiger partial charge in [0, 0.05) is 6.61 Å². The number of hydrogen-bond donors (Lipinski definition) is 3. The molecule has 96 valence electrons. The number of benzene rings is 1. The summed E-state index contributed by atoms with van der Waals surface area (Å²) >= 11 is 0. The highest BCUT2D eigenvalue weighted by Crippen LogP contribution is 2.22. The van der Waals surface area contributed by atoms with Crippen LogP contribution in [0.4, 0.5) is 5.69 Å². The predicted molar refractivity (Wildman–Crippen MR) is 62.7 cm³/mol. The molecular formula is C12H13NO5. The number of aromatic carboxylic acids is 1. The third-order valence-electron chi connectivity index (χ3n) is 2.71. The van der Waals surface area contributed by atoms with E-state index in [-0.39, 0.29) is 22.9 Å². The van der Waals surface area contributed by atoms with Crippen LogP contribution in [0.15, 0.2) is 18.2 Å². The Hall–Kier alpha value is -2.08. The minimum atomic E-state index is -1.21. The van der Waals surface area contributed by atoms with Crippen molar-refractivity contribution in [1.29, 1.82) is 0 Å². The molecule has 6 heteroatoms. The molecule has 0 radical (unpaired) electrons. The highest BCUT2D eigenvalue weighted by Gasteiger charge is 2.24. The first kappa shape index (κ1) is 12.4. The smallest absolute Gasteiger partial charge is 0.337 e. The Labute approximate surface area is 103 Å². The number of phenolic OH excluding ortho intramolecular Hbond substituents is 1. The van der Waals surface area contributed by atoms with Crippen LogP contribution in [-0.4, -0.2) is 34.8 Å². The molecule has 0 aliphatic carbocycles. The number of carboxylic acid groups (broad SMARTS) is 1. The van der Waals surface area contributed by atoms with Crippen molar-refractivity contribution < 1.29 is 24.5 Å². The first-order valence-electron chi connectivity index (χ1n) is 5.56. The van der Waals surface area contributed by atoms with Crippen molar-refractivity contribution in [2.45, 2.75) is 18.9 Å². The van der Waals surface area contributed by atoms with E-state index in [0.29, 0.717) is 13.0 Å². The van der Waals surface area contributed by atoms with Gasteiger partial charge >= 0.3 is 5.97 Å². The van der Waals surface area contributed by atoms with E-state index in [1.807, 2.05) is 0 Å². The van der Waals surface area contributed by atoms with E-state index in [1.54, 1.807) is 0 Å². The second-order valence-corrected chi connectivity index (χ2v) is 4.03. The van der Waals surface area contributed by atoms with Crippen LogP contribution < -0.4 is 5.32 Å². The first-order chi connectivity index (χ1) is 8.58. The van der Waals surface area contributed by atoms with Crippen molar-refractivity contribution >= 4 is 17.6 Å². The average Bonchev–Trinajstić information content (AvgIpc) is 2.84. The van der Waals surface area contributed by atoms with Gasteiger partial charge in [-0.1, -0.05) is 0 Å². The number of carbonyl (C=O) groups is 2. The van der Waals surface area contributed by atoms with Crippen LogP contribution in [0.3, 0.4) is 0 Å². The zero-order valence-corrected chi connectivity index (χ0v) is 9.55. The van der Waals surface area contributed by atoms with Crippen molar-refractivity contribution in [3.05, 3.63) is 23.8 Å². The molecule has 0 saturated carbocycles. The van der Waals surface area contributed by atoms with Gasteiger partial charge in [-0.05, 0) is 31.0 Å². The van der Waals surface area contributed by atoms with Crippen LogP contribution in [0.5, 0.6) is 5.75 Å². The van der Waals surface area contributed by atoms with Gasteiger partial charge in [0.25, 0.3) is 5.91 Å². The number of aromatic hydroxyl groups is 1. The van der Waals surface area contributed by atoms with Gasteiger partial charge in [-0.2, -0.15) is 0 Å². The molecule has 1 atom stereocenters. The summed E-state index contributed by atoms with van der Waals surface area (Å²) in [6, 6.07) is 3.76. The van der Waals surface area contributed by atoms with Crippen LogP contribution in [0.1, 0.15) is 23.2 Å². The number of carboxylic acids is 1.